The number of aliphatic imine (C=N–C) groups is 1. The smallest absolute Gasteiger partial charge is 0.307 e. The number of amidine groups is 1. The van der Waals surface area contributed by atoms with E-state index in [2.05, 4.69) is 29.3 Å². The van der Waals surface area contributed by atoms with Gasteiger partial charge in [-0.25, -0.2) is 9.38 Å². The summed E-state index contributed by atoms with van der Waals surface area (Å²) >= 11 is 1.22. The van der Waals surface area contributed by atoms with Crippen LogP contribution in [0, 0.1) is 5.82 Å². The SMILES string of the molecule is CN1C(=O)/C(=C/c2ccc(N(C)Cc3ccc(C4CCCCC4)cc3)c(F)c2)S/C1=N/c1ccc(CC(=O)O)cc1. The highest BCUT2D eigenvalue weighted by atomic mass is 32.2. The first-order valence-corrected chi connectivity index (χ1v) is 14.7. The van der Waals surface area contributed by atoms with E-state index in [1.54, 1.807) is 43.5 Å². The monoisotopic (exact) mass is 571 g/mol. The number of anilines is 1. The summed E-state index contributed by atoms with van der Waals surface area (Å²) < 4.78 is 15.2. The molecule has 1 amide bonds. The van der Waals surface area contributed by atoms with Gasteiger partial charge in [0.2, 0.25) is 0 Å². The Morgan fingerprint density at radius 1 is 1.05 bits per heavy atom. The molecule has 5 rings (SSSR count). The highest BCUT2D eigenvalue weighted by Gasteiger charge is 2.30. The number of benzene rings is 3. The molecular formula is C33H34FN3O3S. The zero-order chi connectivity index (χ0) is 28.9. The number of carboxylic acids is 1. The van der Waals surface area contributed by atoms with Gasteiger partial charge in [0.15, 0.2) is 5.17 Å². The molecule has 0 radical (unpaired) electrons. The first-order valence-electron chi connectivity index (χ1n) is 13.9. The van der Waals surface area contributed by atoms with Crippen LogP contribution in [0.3, 0.4) is 0 Å². The fourth-order valence-electron chi connectivity index (χ4n) is 5.39. The van der Waals surface area contributed by atoms with Crippen molar-refractivity contribution < 1.29 is 19.1 Å². The number of aliphatic carboxylic acids is 1. The molecule has 0 spiro atoms. The molecule has 0 unspecified atom stereocenters. The van der Waals surface area contributed by atoms with Crippen molar-refractivity contribution in [2.45, 2.75) is 51.0 Å². The van der Waals surface area contributed by atoms with Crippen molar-refractivity contribution >= 4 is 46.3 Å². The molecular weight excluding hydrogens is 537 g/mol. The van der Waals surface area contributed by atoms with E-state index in [9.17, 15) is 9.59 Å². The maximum Gasteiger partial charge on any atom is 0.307 e. The van der Waals surface area contributed by atoms with Gasteiger partial charge in [-0.05, 0) is 83.1 Å². The average Bonchev–Trinajstić information content (AvgIpc) is 3.22. The molecule has 0 bridgehead atoms. The Kier molecular flexibility index (Phi) is 8.88. The number of hydrogen-bond donors (Lipinski definition) is 1. The Hall–Kier alpha value is -3.91. The average molecular weight is 572 g/mol. The Balaban J connectivity index is 1.24. The van der Waals surface area contributed by atoms with E-state index >= 15 is 4.39 Å². The van der Waals surface area contributed by atoms with Gasteiger partial charge in [-0.1, -0.05) is 61.7 Å². The molecule has 2 fully saturated rings. The summed E-state index contributed by atoms with van der Waals surface area (Å²) in [6.45, 7) is 0.596. The highest BCUT2D eigenvalue weighted by molar-refractivity contribution is 8.18. The minimum absolute atomic E-state index is 0.0600. The maximum atomic E-state index is 15.2. The van der Waals surface area contributed by atoms with E-state index in [1.165, 1.54) is 60.4 Å². The van der Waals surface area contributed by atoms with E-state index in [4.69, 9.17) is 5.11 Å². The van der Waals surface area contributed by atoms with Gasteiger partial charge in [0.25, 0.3) is 5.91 Å². The third-order valence-corrected chi connectivity index (χ3v) is 8.74. The van der Waals surface area contributed by atoms with Gasteiger partial charge in [-0.3, -0.25) is 14.5 Å². The Morgan fingerprint density at radius 2 is 1.73 bits per heavy atom. The van der Waals surface area contributed by atoms with Crippen molar-refractivity contribution in [1.82, 2.24) is 4.90 Å². The molecule has 2 aliphatic rings. The number of carbonyl (C=O) groups is 2. The number of hydrogen-bond acceptors (Lipinski definition) is 5. The number of likely N-dealkylation sites (N-methyl/N-ethyl adjacent to an activating group) is 1. The van der Waals surface area contributed by atoms with E-state index in [0.717, 1.165) is 5.56 Å². The van der Waals surface area contributed by atoms with Crippen molar-refractivity contribution in [1.29, 1.82) is 0 Å². The molecule has 1 saturated heterocycles. The zero-order valence-corrected chi connectivity index (χ0v) is 24.2. The van der Waals surface area contributed by atoms with Gasteiger partial charge >= 0.3 is 5.97 Å². The Bertz CT molecular complexity index is 1480. The standard InChI is InChI=1S/C33H34FN3O3S/c1-36(21-23-8-13-26(14-9-23)25-6-4-3-5-7-25)29-17-12-24(18-28(29)34)19-30-32(40)37(2)33(41-30)35-27-15-10-22(11-16-27)20-31(38)39/h8-19,25H,3-7,20-21H2,1-2H3,(H,38,39)/b30-19-,35-33+. The highest BCUT2D eigenvalue weighted by Crippen LogP contribution is 2.35. The first-order chi connectivity index (χ1) is 19.8. The van der Waals surface area contributed by atoms with Crippen LogP contribution < -0.4 is 4.90 Å². The molecule has 1 heterocycles. The quantitative estimate of drug-likeness (QED) is 0.286. The maximum absolute atomic E-state index is 15.2. The van der Waals surface area contributed by atoms with Crippen LogP contribution in [0.2, 0.25) is 0 Å². The van der Waals surface area contributed by atoms with Crippen molar-refractivity contribution in [2.24, 2.45) is 4.99 Å². The second-order valence-corrected chi connectivity index (χ2v) is 11.8. The number of carbonyl (C=O) groups excluding carboxylic acids is 1. The molecule has 1 aliphatic carbocycles. The van der Waals surface area contributed by atoms with Gasteiger partial charge in [0.1, 0.15) is 5.82 Å². The summed E-state index contributed by atoms with van der Waals surface area (Å²) in [5.74, 6) is -0.793. The molecule has 41 heavy (non-hydrogen) atoms. The first kappa shape index (κ1) is 28.6. The van der Waals surface area contributed by atoms with Crippen LogP contribution in [0.1, 0.15) is 60.3 Å². The minimum atomic E-state index is -0.897. The molecule has 1 saturated carbocycles. The Morgan fingerprint density at radius 3 is 2.39 bits per heavy atom. The fraction of sp³-hybridized carbons (Fsp3) is 0.303. The van der Waals surface area contributed by atoms with Crippen LogP contribution in [-0.2, 0) is 22.6 Å². The summed E-state index contributed by atoms with van der Waals surface area (Å²) in [5, 5.41) is 9.44. The predicted molar refractivity (Wildman–Crippen MR) is 164 cm³/mol. The van der Waals surface area contributed by atoms with E-state index < -0.39 is 5.97 Å². The van der Waals surface area contributed by atoms with Crippen molar-refractivity contribution in [3.05, 3.63) is 99.7 Å². The van der Waals surface area contributed by atoms with Crippen molar-refractivity contribution in [2.75, 3.05) is 19.0 Å². The van der Waals surface area contributed by atoms with E-state index in [-0.39, 0.29) is 18.1 Å². The topological polar surface area (TPSA) is 73.2 Å². The van der Waals surface area contributed by atoms with Crippen molar-refractivity contribution in [3.8, 4) is 0 Å². The second-order valence-electron chi connectivity index (χ2n) is 10.7. The summed E-state index contributed by atoms with van der Waals surface area (Å²) in [4.78, 5) is 32.1. The summed E-state index contributed by atoms with van der Waals surface area (Å²) in [5.41, 5.74) is 4.93. The molecule has 1 aliphatic heterocycles. The molecule has 1 N–H and O–H groups in total. The summed E-state index contributed by atoms with van der Waals surface area (Å²) in [7, 11) is 3.53. The molecule has 3 aromatic rings. The lowest BCUT2D eigenvalue weighted by Gasteiger charge is -2.23. The second kappa shape index (κ2) is 12.7. The normalized spacial score (nSPS) is 17.9. The molecule has 0 aromatic heterocycles. The minimum Gasteiger partial charge on any atom is -0.481 e. The third-order valence-electron chi connectivity index (χ3n) is 7.68. The summed E-state index contributed by atoms with van der Waals surface area (Å²) in [6, 6.07) is 20.6. The largest absolute Gasteiger partial charge is 0.481 e. The molecule has 3 aromatic carbocycles. The number of thioether (sulfide) groups is 1. The third kappa shape index (κ3) is 7.06. The Labute approximate surface area is 244 Å². The van der Waals surface area contributed by atoms with Gasteiger partial charge in [-0.15, -0.1) is 0 Å². The van der Waals surface area contributed by atoms with Crippen molar-refractivity contribution in [3.63, 3.8) is 0 Å². The van der Waals surface area contributed by atoms with Crippen LogP contribution in [0.25, 0.3) is 6.08 Å². The number of carboxylic acid groups (broad SMARTS) is 1. The fourth-order valence-corrected chi connectivity index (χ4v) is 6.38. The molecule has 8 heteroatoms. The van der Waals surface area contributed by atoms with Gasteiger partial charge in [-0.2, -0.15) is 0 Å². The van der Waals surface area contributed by atoms with E-state index in [0.29, 0.717) is 45.0 Å². The predicted octanol–water partition coefficient (Wildman–Crippen LogP) is 7.37. The van der Waals surface area contributed by atoms with Crippen LogP contribution in [0.5, 0.6) is 0 Å². The van der Waals surface area contributed by atoms with Crippen LogP contribution in [0.4, 0.5) is 15.8 Å². The molecule has 0 atom stereocenters. The van der Waals surface area contributed by atoms with Gasteiger partial charge < -0.3 is 10.0 Å². The van der Waals surface area contributed by atoms with Gasteiger partial charge in [0.05, 0.1) is 22.7 Å². The van der Waals surface area contributed by atoms with Crippen LogP contribution in [0.15, 0.2) is 76.6 Å². The number of amides is 1. The lowest BCUT2D eigenvalue weighted by Crippen LogP contribution is -2.23. The molecule has 212 valence electrons. The summed E-state index contributed by atoms with van der Waals surface area (Å²) in [6.07, 6.45) is 8.12. The van der Waals surface area contributed by atoms with E-state index in [1.807, 2.05) is 18.0 Å². The lowest BCUT2D eigenvalue weighted by molar-refractivity contribution is -0.136. The van der Waals surface area contributed by atoms with Crippen LogP contribution >= 0.6 is 11.8 Å². The van der Waals surface area contributed by atoms with Crippen LogP contribution in [-0.4, -0.2) is 41.1 Å². The number of nitrogens with zero attached hydrogens (tertiary/aromatic N) is 3. The molecule has 6 nitrogen and oxygen atoms in total. The zero-order valence-electron chi connectivity index (χ0n) is 23.3. The number of halogens is 1. The lowest BCUT2D eigenvalue weighted by atomic mass is 9.84. The number of rotatable bonds is 8. The van der Waals surface area contributed by atoms with Gasteiger partial charge in [0, 0.05) is 20.6 Å².